The largest absolute Gasteiger partial charge is 0.496 e. The van der Waals surface area contributed by atoms with Crippen LogP contribution in [0.4, 0.5) is 0 Å². The van der Waals surface area contributed by atoms with Crippen molar-refractivity contribution in [3.05, 3.63) is 53.6 Å². The minimum atomic E-state index is 0. The number of guanidine groups is 1. The summed E-state index contributed by atoms with van der Waals surface area (Å²) >= 11 is 0. The minimum absolute atomic E-state index is 0. The Labute approximate surface area is 191 Å². The van der Waals surface area contributed by atoms with E-state index in [0.717, 1.165) is 29.6 Å². The van der Waals surface area contributed by atoms with Crippen LogP contribution in [0.15, 0.2) is 47.5 Å². The Morgan fingerprint density at radius 1 is 1.00 bits per heavy atom. The average molecular weight is 513 g/mol. The highest BCUT2D eigenvalue weighted by Crippen LogP contribution is 2.34. The van der Waals surface area contributed by atoms with Crippen molar-refractivity contribution in [2.24, 2.45) is 4.99 Å². The van der Waals surface area contributed by atoms with E-state index in [1.54, 1.807) is 21.3 Å². The van der Waals surface area contributed by atoms with E-state index >= 15 is 0 Å². The van der Waals surface area contributed by atoms with E-state index < -0.39 is 0 Å². The van der Waals surface area contributed by atoms with Crippen molar-refractivity contribution < 1.29 is 14.2 Å². The fourth-order valence-electron chi connectivity index (χ4n) is 2.95. The van der Waals surface area contributed by atoms with Gasteiger partial charge < -0.3 is 24.8 Å². The molecule has 0 aromatic heterocycles. The lowest BCUT2D eigenvalue weighted by Crippen LogP contribution is -2.38. The first-order valence-corrected chi connectivity index (χ1v) is 9.51. The normalized spacial score (nSPS) is 11.8. The van der Waals surface area contributed by atoms with Crippen LogP contribution in [0.25, 0.3) is 0 Å². The molecule has 0 aliphatic carbocycles. The molecule has 0 saturated heterocycles. The van der Waals surface area contributed by atoms with E-state index in [9.17, 15) is 0 Å². The fraction of sp³-hybridized carbons (Fsp3) is 0.409. The zero-order valence-electron chi connectivity index (χ0n) is 17.8. The molecule has 0 spiro atoms. The smallest absolute Gasteiger partial charge is 0.191 e. The van der Waals surface area contributed by atoms with Crippen LogP contribution in [0, 0.1) is 0 Å². The van der Waals surface area contributed by atoms with Gasteiger partial charge in [0.25, 0.3) is 0 Å². The van der Waals surface area contributed by atoms with E-state index in [-0.39, 0.29) is 30.0 Å². The standard InChI is InChI=1S/C22H31N3O3.HI/c1-6-23-22(25-16(2)17-10-8-7-9-11-17)24-13-12-19-20(27-4)14-18(26-3)15-21(19)28-5;/h7-11,14-16H,6,12-13H2,1-5H3,(H2,23,24,25);1H. The molecule has 2 aromatic carbocycles. The number of ether oxygens (including phenoxy) is 3. The summed E-state index contributed by atoms with van der Waals surface area (Å²) in [6.07, 6.45) is 0.687. The van der Waals surface area contributed by atoms with Crippen LogP contribution in [0.2, 0.25) is 0 Å². The second-order valence-electron chi connectivity index (χ2n) is 6.30. The maximum Gasteiger partial charge on any atom is 0.191 e. The molecular formula is C22H32IN3O3. The first-order valence-electron chi connectivity index (χ1n) is 9.51. The molecule has 160 valence electrons. The van der Waals surface area contributed by atoms with Gasteiger partial charge in [-0.05, 0) is 25.8 Å². The van der Waals surface area contributed by atoms with Gasteiger partial charge in [0.1, 0.15) is 17.2 Å². The second kappa shape index (κ2) is 13.1. The van der Waals surface area contributed by atoms with Crippen molar-refractivity contribution in [2.45, 2.75) is 26.3 Å². The lowest BCUT2D eigenvalue weighted by atomic mass is 10.1. The molecule has 0 aliphatic rings. The third-order valence-electron chi connectivity index (χ3n) is 4.45. The van der Waals surface area contributed by atoms with E-state index in [2.05, 4.69) is 36.6 Å². The third kappa shape index (κ3) is 7.30. The molecule has 0 bridgehead atoms. The summed E-state index contributed by atoms with van der Waals surface area (Å²) < 4.78 is 16.3. The van der Waals surface area contributed by atoms with E-state index in [0.29, 0.717) is 18.7 Å². The molecule has 1 atom stereocenters. The highest BCUT2D eigenvalue weighted by molar-refractivity contribution is 14.0. The van der Waals surface area contributed by atoms with Crippen LogP contribution in [-0.2, 0) is 6.42 Å². The molecule has 0 heterocycles. The summed E-state index contributed by atoms with van der Waals surface area (Å²) in [5.74, 6) is 2.96. The third-order valence-corrected chi connectivity index (χ3v) is 4.45. The van der Waals surface area contributed by atoms with Gasteiger partial charge in [-0.3, -0.25) is 4.99 Å². The average Bonchev–Trinajstić information content (AvgIpc) is 2.74. The number of hydrogen-bond acceptors (Lipinski definition) is 4. The Bertz CT molecular complexity index is 744. The van der Waals surface area contributed by atoms with E-state index in [1.807, 2.05) is 30.3 Å². The van der Waals surface area contributed by atoms with Gasteiger partial charge >= 0.3 is 0 Å². The van der Waals surface area contributed by atoms with E-state index in [1.165, 1.54) is 5.56 Å². The Morgan fingerprint density at radius 2 is 1.62 bits per heavy atom. The number of rotatable bonds is 9. The zero-order valence-corrected chi connectivity index (χ0v) is 20.2. The number of halogens is 1. The maximum atomic E-state index is 5.52. The van der Waals surface area contributed by atoms with Gasteiger partial charge in [0.15, 0.2) is 5.96 Å². The highest BCUT2D eigenvalue weighted by atomic mass is 127. The fourth-order valence-corrected chi connectivity index (χ4v) is 2.95. The van der Waals surface area contributed by atoms with Crippen molar-refractivity contribution in [1.29, 1.82) is 0 Å². The predicted molar refractivity (Wildman–Crippen MR) is 129 cm³/mol. The number of nitrogens with one attached hydrogen (secondary N) is 2. The van der Waals surface area contributed by atoms with Crippen LogP contribution in [0.1, 0.15) is 31.0 Å². The van der Waals surface area contributed by atoms with Gasteiger partial charge in [-0.15, -0.1) is 24.0 Å². The summed E-state index contributed by atoms with van der Waals surface area (Å²) in [6.45, 7) is 5.57. The minimum Gasteiger partial charge on any atom is -0.496 e. The van der Waals surface area contributed by atoms with Crippen LogP contribution in [0.3, 0.4) is 0 Å². The number of aliphatic imine (C=N–C) groups is 1. The topological polar surface area (TPSA) is 64.1 Å². The first-order chi connectivity index (χ1) is 13.6. The van der Waals surface area contributed by atoms with Crippen LogP contribution in [-0.4, -0.2) is 40.4 Å². The SMILES string of the molecule is CCNC(=NCCc1c(OC)cc(OC)cc1OC)NC(C)c1ccccc1.I. The number of hydrogen-bond donors (Lipinski definition) is 2. The van der Waals surface area contributed by atoms with Crippen molar-refractivity contribution in [3.63, 3.8) is 0 Å². The van der Waals surface area contributed by atoms with E-state index in [4.69, 9.17) is 19.2 Å². The van der Waals surface area contributed by atoms with Crippen LogP contribution < -0.4 is 24.8 Å². The summed E-state index contributed by atoms with van der Waals surface area (Å²) in [5.41, 5.74) is 2.19. The molecule has 1 unspecified atom stereocenters. The summed E-state index contributed by atoms with van der Waals surface area (Å²) in [7, 11) is 4.92. The molecule has 6 nitrogen and oxygen atoms in total. The van der Waals surface area contributed by atoms with Crippen molar-refractivity contribution in [2.75, 3.05) is 34.4 Å². The van der Waals surface area contributed by atoms with Crippen LogP contribution in [0.5, 0.6) is 17.2 Å². The molecule has 7 heteroatoms. The maximum absolute atomic E-state index is 5.52. The summed E-state index contributed by atoms with van der Waals surface area (Å²) in [5, 5.41) is 6.75. The molecule has 29 heavy (non-hydrogen) atoms. The monoisotopic (exact) mass is 513 g/mol. The molecule has 0 radical (unpaired) electrons. The van der Waals surface area contributed by atoms with Gasteiger partial charge in [-0.25, -0.2) is 0 Å². The van der Waals surface area contributed by atoms with Crippen molar-refractivity contribution in [1.82, 2.24) is 10.6 Å². The molecule has 0 aliphatic heterocycles. The van der Waals surface area contributed by atoms with Gasteiger partial charge in [-0.2, -0.15) is 0 Å². The Kier molecular flexibility index (Phi) is 11.3. The highest BCUT2D eigenvalue weighted by Gasteiger charge is 2.13. The summed E-state index contributed by atoms with van der Waals surface area (Å²) in [4.78, 5) is 4.72. The Balaban J connectivity index is 0.00000420. The Hall–Kier alpha value is -2.16. The zero-order chi connectivity index (χ0) is 20.4. The lowest BCUT2D eigenvalue weighted by Gasteiger charge is -2.18. The molecule has 2 aromatic rings. The van der Waals surface area contributed by atoms with Crippen LogP contribution >= 0.6 is 24.0 Å². The van der Waals surface area contributed by atoms with Gasteiger partial charge in [0, 0.05) is 30.8 Å². The van der Waals surface area contributed by atoms with Crippen molar-refractivity contribution >= 4 is 29.9 Å². The number of methoxy groups -OCH3 is 3. The summed E-state index contributed by atoms with van der Waals surface area (Å²) in [6, 6.07) is 14.2. The van der Waals surface area contributed by atoms with Gasteiger partial charge in [-0.1, -0.05) is 30.3 Å². The molecular weight excluding hydrogens is 481 g/mol. The number of nitrogens with zero attached hydrogens (tertiary/aromatic N) is 1. The molecule has 0 saturated carbocycles. The van der Waals surface area contributed by atoms with Gasteiger partial charge in [0.2, 0.25) is 0 Å². The number of benzene rings is 2. The second-order valence-corrected chi connectivity index (χ2v) is 6.30. The van der Waals surface area contributed by atoms with Crippen molar-refractivity contribution in [3.8, 4) is 17.2 Å². The van der Waals surface area contributed by atoms with Gasteiger partial charge in [0.05, 0.1) is 27.4 Å². The quantitative estimate of drug-likeness (QED) is 0.299. The predicted octanol–water partition coefficient (Wildman–Crippen LogP) is 4.19. The molecule has 0 fully saturated rings. The molecule has 0 amide bonds. The molecule has 2 N–H and O–H groups in total. The Morgan fingerprint density at radius 3 is 2.14 bits per heavy atom. The molecule has 2 rings (SSSR count). The lowest BCUT2D eigenvalue weighted by molar-refractivity contribution is 0.369. The first kappa shape index (κ1) is 24.9.